The summed E-state index contributed by atoms with van der Waals surface area (Å²) >= 11 is 0. The highest BCUT2D eigenvalue weighted by atomic mass is 19.3. The van der Waals surface area contributed by atoms with Gasteiger partial charge >= 0.3 is 0 Å². The molecule has 0 spiro atoms. The van der Waals surface area contributed by atoms with Crippen LogP contribution in [0.3, 0.4) is 0 Å². The number of aromatic nitrogens is 1. The number of amides is 3. The minimum atomic E-state index is -2.90. The van der Waals surface area contributed by atoms with Gasteiger partial charge in [-0.15, -0.1) is 0 Å². The molecular formula is C20H20F2N4O4. The number of carbonyl (C=O) groups is 4. The third-order valence-corrected chi connectivity index (χ3v) is 4.70. The predicted octanol–water partition coefficient (Wildman–Crippen LogP) is 1.75. The van der Waals surface area contributed by atoms with E-state index in [1.807, 2.05) is 0 Å². The van der Waals surface area contributed by atoms with Gasteiger partial charge in [0, 0.05) is 37.4 Å². The first-order chi connectivity index (χ1) is 14.3. The third kappa shape index (κ3) is 4.94. The Balaban J connectivity index is 1.72. The van der Waals surface area contributed by atoms with Crippen LogP contribution in [0.2, 0.25) is 0 Å². The minimum Gasteiger partial charge on any atom is -0.343 e. The van der Waals surface area contributed by atoms with Gasteiger partial charge in [0.1, 0.15) is 6.29 Å². The predicted molar refractivity (Wildman–Crippen MR) is 104 cm³/mol. The lowest BCUT2D eigenvalue weighted by Crippen LogP contribution is -2.40. The zero-order chi connectivity index (χ0) is 21.7. The summed E-state index contributed by atoms with van der Waals surface area (Å²) < 4.78 is 26.5. The SMILES string of the molecule is O=CCCC(=O)Nc1cccc2c(C(=O)NCC(=O)N3CCC(F)(F)C3)ccnc12. The summed E-state index contributed by atoms with van der Waals surface area (Å²) in [7, 11) is 0. The number of benzene rings is 1. The number of anilines is 1. The van der Waals surface area contributed by atoms with Gasteiger partial charge in [-0.3, -0.25) is 19.4 Å². The van der Waals surface area contributed by atoms with E-state index in [4.69, 9.17) is 0 Å². The highest BCUT2D eigenvalue weighted by molar-refractivity contribution is 6.10. The molecule has 2 N–H and O–H groups in total. The number of nitrogens with zero attached hydrogens (tertiary/aromatic N) is 2. The first-order valence-electron chi connectivity index (χ1n) is 9.36. The average Bonchev–Trinajstić information content (AvgIpc) is 3.10. The Morgan fingerprint density at radius 1 is 1.23 bits per heavy atom. The van der Waals surface area contributed by atoms with Crippen molar-refractivity contribution in [2.24, 2.45) is 0 Å². The van der Waals surface area contributed by atoms with Crippen molar-refractivity contribution in [3.63, 3.8) is 0 Å². The number of alkyl halides is 2. The molecule has 1 aromatic carbocycles. The molecule has 0 unspecified atom stereocenters. The van der Waals surface area contributed by atoms with Crippen molar-refractivity contribution in [2.75, 3.05) is 25.0 Å². The summed E-state index contributed by atoms with van der Waals surface area (Å²) in [5.74, 6) is -4.40. The molecule has 10 heteroatoms. The maximum atomic E-state index is 13.3. The molecule has 1 aliphatic rings. The van der Waals surface area contributed by atoms with Crippen LogP contribution in [0.15, 0.2) is 30.5 Å². The Morgan fingerprint density at radius 3 is 2.73 bits per heavy atom. The van der Waals surface area contributed by atoms with Crippen LogP contribution in [0.1, 0.15) is 29.6 Å². The molecule has 0 saturated carbocycles. The zero-order valence-electron chi connectivity index (χ0n) is 16.0. The van der Waals surface area contributed by atoms with E-state index in [9.17, 15) is 28.0 Å². The smallest absolute Gasteiger partial charge is 0.267 e. The topological polar surface area (TPSA) is 108 Å². The largest absolute Gasteiger partial charge is 0.343 e. The molecule has 8 nitrogen and oxygen atoms in total. The number of fused-ring (bicyclic) bond motifs is 1. The molecule has 3 rings (SSSR count). The molecule has 0 radical (unpaired) electrons. The monoisotopic (exact) mass is 418 g/mol. The Hall–Kier alpha value is -3.43. The van der Waals surface area contributed by atoms with Crippen molar-refractivity contribution in [1.82, 2.24) is 15.2 Å². The molecule has 1 fully saturated rings. The maximum Gasteiger partial charge on any atom is 0.267 e. The summed E-state index contributed by atoms with van der Waals surface area (Å²) in [6.07, 6.45) is 1.77. The van der Waals surface area contributed by atoms with Gasteiger partial charge in [-0.2, -0.15) is 0 Å². The fourth-order valence-corrected chi connectivity index (χ4v) is 3.19. The number of hydrogen-bond donors (Lipinski definition) is 2. The van der Waals surface area contributed by atoms with E-state index >= 15 is 0 Å². The molecule has 0 aliphatic carbocycles. The van der Waals surface area contributed by atoms with Crippen LogP contribution < -0.4 is 10.6 Å². The molecule has 1 aliphatic heterocycles. The highest BCUT2D eigenvalue weighted by Gasteiger charge is 2.40. The highest BCUT2D eigenvalue weighted by Crippen LogP contribution is 2.27. The maximum absolute atomic E-state index is 13.3. The lowest BCUT2D eigenvalue weighted by molar-refractivity contribution is -0.130. The first kappa shape index (κ1) is 21.3. The number of hydrogen-bond acceptors (Lipinski definition) is 5. The van der Waals surface area contributed by atoms with Crippen molar-refractivity contribution in [2.45, 2.75) is 25.2 Å². The van der Waals surface area contributed by atoms with Crippen LogP contribution in [-0.2, 0) is 14.4 Å². The van der Waals surface area contributed by atoms with E-state index in [1.165, 1.54) is 12.3 Å². The zero-order valence-corrected chi connectivity index (χ0v) is 16.0. The second kappa shape index (κ2) is 8.93. The van der Waals surface area contributed by atoms with Gasteiger partial charge in [0.25, 0.3) is 11.8 Å². The molecule has 1 saturated heterocycles. The fourth-order valence-electron chi connectivity index (χ4n) is 3.19. The van der Waals surface area contributed by atoms with E-state index in [2.05, 4.69) is 15.6 Å². The van der Waals surface area contributed by atoms with Gasteiger partial charge in [0.05, 0.1) is 29.9 Å². The van der Waals surface area contributed by atoms with E-state index in [-0.39, 0.29) is 37.3 Å². The van der Waals surface area contributed by atoms with Crippen molar-refractivity contribution >= 4 is 40.6 Å². The Morgan fingerprint density at radius 2 is 2.03 bits per heavy atom. The Bertz CT molecular complexity index is 996. The molecule has 158 valence electrons. The van der Waals surface area contributed by atoms with Crippen molar-refractivity contribution < 1.29 is 28.0 Å². The van der Waals surface area contributed by atoms with Crippen LogP contribution in [-0.4, -0.2) is 59.4 Å². The van der Waals surface area contributed by atoms with Gasteiger partial charge in [0.2, 0.25) is 11.8 Å². The molecule has 1 aromatic heterocycles. The number of pyridine rings is 1. The van der Waals surface area contributed by atoms with Crippen LogP contribution in [0, 0.1) is 0 Å². The number of aldehydes is 1. The van der Waals surface area contributed by atoms with Gasteiger partial charge in [0.15, 0.2) is 0 Å². The van der Waals surface area contributed by atoms with E-state index in [0.29, 0.717) is 22.9 Å². The van der Waals surface area contributed by atoms with Crippen LogP contribution in [0.4, 0.5) is 14.5 Å². The van der Waals surface area contributed by atoms with E-state index in [1.54, 1.807) is 18.2 Å². The van der Waals surface area contributed by atoms with E-state index in [0.717, 1.165) is 4.90 Å². The Labute approximate surface area is 170 Å². The van der Waals surface area contributed by atoms with Crippen molar-refractivity contribution in [1.29, 1.82) is 0 Å². The first-order valence-corrected chi connectivity index (χ1v) is 9.36. The molecular weight excluding hydrogens is 398 g/mol. The number of carbonyl (C=O) groups excluding carboxylic acids is 4. The summed E-state index contributed by atoms with van der Waals surface area (Å²) in [6, 6.07) is 6.35. The number of rotatable bonds is 7. The number of nitrogens with one attached hydrogen (secondary N) is 2. The van der Waals surface area contributed by atoms with Crippen LogP contribution in [0.25, 0.3) is 10.9 Å². The van der Waals surface area contributed by atoms with Gasteiger partial charge in [-0.05, 0) is 12.1 Å². The van der Waals surface area contributed by atoms with Crippen molar-refractivity contribution in [3.8, 4) is 0 Å². The summed E-state index contributed by atoms with van der Waals surface area (Å²) in [5.41, 5.74) is 0.979. The second-order valence-electron chi connectivity index (χ2n) is 6.92. The summed E-state index contributed by atoms with van der Waals surface area (Å²) in [5, 5.41) is 5.56. The van der Waals surface area contributed by atoms with Crippen LogP contribution >= 0.6 is 0 Å². The second-order valence-corrected chi connectivity index (χ2v) is 6.92. The van der Waals surface area contributed by atoms with Crippen LogP contribution in [0.5, 0.6) is 0 Å². The number of halogens is 2. The van der Waals surface area contributed by atoms with E-state index < -0.39 is 30.8 Å². The molecule has 3 amide bonds. The molecule has 0 bridgehead atoms. The number of likely N-dealkylation sites (tertiary alicyclic amines) is 1. The van der Waals surface area contributed by atoms with Gasteiger partial charge in [-0.25, -0.2) is 8.78 Å². The third-order valence-electron chi connectivity index (χ3n) is 4.70. The molecule has 30 heavy (non-hydrogen) atoms. The standard InChI is InChI=1S/C20H20F2N4O4/c21-20(22)7-9-26(12-20)17(29)11-24-19(30)14-6-8-23-18-13(14)3-1-4-15(18)25-16(28)5-2-10-27/h1,3-4,6,8,10H,2,5,7,9,11-12H2,(H,24,30)(H,25,28). The number of para-hydroxylation sites is 1. The van der Waals surface area contributed by atoms with Gasteiger partial charge < -0.3 is 20.3 Å². The molecule has 0 atom stereocenters. The fraction of sp³-hybridized carbons (Fsp3) is 0.350. The summed E-state index contributed by atoms with van der Waals surface area (Å²) in [4.78, 5) is 52.2. The quantitative estimate of drug-likeness (QED) is 0.666. The van der Waals surface area contributed by atoms with Crippen molar-refractivity contribution in [3.05, 3.63) is 36.0 Å². The lowest BCUT2D eigenvalue weighted by Gasteiger charge is -2.16. The average molecular weight is 418 g/mol. The molecule has 2 aromatic rings. The van der Waals surface area contributed by atoms with Gasteiger partial charge in [-0.1, -0.05) is 12.1 Å². The normalized spacial score (nSPS) is 15.1. The molecule has 2 heterocycles. The minimum absolute atomic E-state index is 0.0255. The Kier molecular flexibility index (Phi) is 6.34. The lowest BCUT2D eigenvalue weighted by atomic mass is 10.1. The summed E-state index contributed by atoms with van der Waals surface area (Å²) in [6.45, 7) is -1.10.